The molecule has 0 bridgehead atoms. The molecule has 1 heterocycles. The number of hydrogen-bond donors (Lipinski definition) is 1. The minimum atomic E-state index is 0.182. The fourth-order valence-electron chi connectivity index (χ4n) is 2.43. The van der Waals surface area contributed by atoms with Crippen LogP contribution in [0.25, 0.3) is 0 Å². The molecular formula is C14H20N2O2. The molecule has 4 nitrogen and oxygen atoms in total. The summed E-state index contributed by atoms with van der Waals surface area (Å²) in [5, 5.41) is 3.16. The Morgan fingerprint density at radius 1 is 1.33 bits per heavy atom. The molecule has 1 unspecified atom stereocenters. The van der Waals surface area contributed by atoms with Crippen LogP contribution in [0.2, 0.25) is 0 Å². The number of amides is 1. The second-order valence-electron chi connectivity index (χ2n) is 4.73. The van der Waals surface area contributed by atoms with Crippen molar-refractivity contribution in [1.82, 2.24) is 5.32 Å². The molecule has 1 saturated heterocycles. The zero-order valence-corrected chi connectivity index (χ0v) is 11.4. The van der Waals surface area contributed by atoms with Crippen LogP contribution in [0, 0.1) is 13.8 Å². The first kappa shape index (κ1) is 12.9. The number of likely N-dealkylation sites (N-methyl/N-ethyl adjacent to an activating group) is 1. The highest BCUT2D eigenvalue weighted by Crippen LogP contribution is 2.32. The van der Waals surface area contributed by atoms with Crippen molar-refractivity contribution < 1.29 is 9.53 Å². The predicted octanol–water partition coefficient (Wildman–Crippen LogP) is 1.64. The predicted molar refractivity (Wildman–Crippen MR) is 72.3 cm³/mol. The van der Waals surface area contributed by atoms with E-state index in [0.717, 1.165) is 29.1 Å². The number of methoxy groups -OCH3 is 1. The van der Waals surface area contributed by atoms with E-state index in [4.69, 9.17) is 4.74 Å². The summed E-state index contributed by atoms with van der Waals surface area (Å²) in [7, 11) is 3.56. The van der Waals surface area contributed by atoms with E-state index >= 15 is 0 Å². The summed E-state index contributed by atoms with van der Waals surface area (Å²) in [6.45, 7) is 4.79. The van der Waals surface area contributed by atoms with Crippen LogP contribution in [0.4, 0.5) is 5.69 Å². The maximum absolute atomic E-state index is 12.0. The SMILES string of the molecule is CNC1CC(=O)N(c2ccc(OC)c(C)c2C)C1. The summed E-state index contributed by atoms with van der Waals surface area (Å²) in [4.78, 5) is 13.9. The zero-order valence-electron chi connectivity index (χ0n) is 11.4. The van der Waals surface area contributed by atoms with Gasteiger partial charge in [-0.1, -0.05) is 0 Å². The van der Waals surface area contributed by atoms with E-state index in [1.54, 1.807) is 7.11 Å². The first-order valence-corrected chi connectivity index (χ1v) is 6.20. The number of benzene rings is 1. The van der Waals surface area contributed by atoms with Gasteiger partial charge >= 0.3 is 0 Å². The molecule has 0 radical (unpaired) electrons. The second kappa shape index (κ2) is 4.98. The van der Waals surface area contributed by atoms with Gasteiger partial charge in [0.2, 0.25) is 5.91 Å². The Kier molecular flexibility index (Phi) is 3.57. The number of carbonyl (C=O) groups is 1. The highest BCUT2D eigenvalue weighted by atomic mass is 16.5. The molecule has 1 N–H and O–H groups in total. The molecule has 1 aliphatic heterocycles. The Balaban J connectivity index is 2.35. The number of nitrogens with zero attached hydrogens (tertiary/aromatic N) is 1. The Bertz CT molecular complexity index is 471. The van der Waals surface area contributed by atoms with Crippen LogP contribution in [-0.2, 0) is 4.79 Å². The third kappa shape index (κ3) is 2.08. The summed E-state index contributed by atoms with van der Waals surface area (Å²) in [5.74, 6) is 1.05. The number of anilines is 1. The van der Waals surface area contributed by atoms with Crippen molar-refractivity contribution in [2.24, 2.45) is 0 Å². The van der Waals surface area contributed by atoms with Gasteiger partial charge < -0.3 is 15.0 Å². The van der Waals surface area contributed by atoms with Crippen molar-refractivity contribution in [2.75, 3.05) is 25.6 Å². The molecular weight excluding hydrogens is 228 g/mol. The number of hydrogen-bond acceptors (Lipinski definition) is 3. The second-order valence-corrected chi connectivity index (χ2v) is 4.73. The van der Waals surface area contributed by atoms with Crippen molar-refractivity contribution in [3.8, 4) is 5.75 Å². The maximum atomic E-state index is 12.0. The minimum Gasteiger partial charge on any atom is -0.496 e. The normalized spacial score (nSPS) is 19.4. The molecule has 1 aliphatic rings. The first-order valence-electron chi connectivity index (χ1n) is 6.20. The average Bonchev–Trinajstić information content (AvgIpc) is 2.74. The van der Waals surface area contributed by atoms with Crippen molar-refractivity contribution in [3.05, 3.63) is 23.3 Å². The lowest BCUT2D eigenvalue weighted by Gasteiger charge is -2.21. The van der Waals surface area contributed by atoms with Gasteiger partial charge in [0.1, 0.15) is 5.75 Å². The minimum absolute atomic E-state index is 0.182. The third-order valence-electron chi connectivity index (χ3n) is 3.75. The van der Waals surface area contributed by atoms with Gasteiger partial charge in [0.25, 0.3) is 0 Å². The molecule has 18 heavy (non-hydrogen) atoms. The van der Waals surface area contributed by atoms with Crippen molar-refractivity contribution in [1.29, 1.82) is 0 Å². The van der Waals surface area contributed by atoms with Crippen molar-refractivity contribution >= 4 is 11.6 Å². The molecule has 1 aromatic carbocycles. The lowest BCUT2D eigenvalue weighted by atomic mass is 10.1. The largest absolute Gasteiger partial charge is 0.496 e. The van der Waals surface area contributed by atoms with E-state index in [2.05, 4.69) is 5.32 Å². The summed E-state index contributed by atoms with van der Waals surface area (Å²) in [5.41, 5.74) is 3.20. The molecule has 1 atom stereocenters. The lowest BCUT2D eigenvalue weighted by molar-refractivity contribution is -0.117. The van der Waals surface area contributed by atoms with Gasteiger partial charge in [-0.25, -0.2) is 0 Å². The molecule has 4 heteroatoms. The standard InChI is InChI=1S/C14H20N2O2/c1-9-10(2)13(18-4)6-5-12(9)16-8-11(15-3)7-14(16)17/h5-6,11,15H,7-8H2,1-4H3. The number of rotatable bonds is 3. The molecule has 0 saturated carbocycles. The highest BCUT2D eigenvalue weighted by molar-refractivity contribution is 5.97. The molecule has 1 fully saturated rings. The monoisotopic (exact) mass is 248 g/mol. The van der Waals surface area contributed by atoms with Crippen molar-refractivity contribution in [2.45, 2.75) is 26.3 Å². The molecule has 1 aromatic rings. The van der Waals surface area contributed by atoms with E-state index in [1.165, 1.54) is 0 Å². The number of ether oxygens (including phenoxy) is 1. The molecule has 98 valence electrons. The summed E-state index contributed by atoms with van der Waals surface area (Å²) in [6.07, 6.45) is 0.570. The van der Waals surface area contributed by atoms with Crippen LogP contribution in [-0.4, -0.2) is 32.7 Å². The maximum Gasteiger partial charge on any atom is 0.228 e. The topological polar surface area (TPSA) is 41.6 Å². The molecule has 0 aromatic heterocycles. The fraction of sp³-hybridized carbons (Fsp3) is 0.500. The van der Waals surface area contributed by atoms with Gasteiger partial charge in [0, 0.05) is 24.7 Å². The fourth-order valence-corrected chi connectivity index (χ4v) is 2.43. The van der Waals surface area contributed by atoms with Crippen molar-refractivity contribution in [3.63, 3.8) is 0 Å². The Morgan fingerprint density at radius 2 is 2.06 bits per heavy atom. The summed E-state index contributed by atoms with van der Waals surface area (Å²) in [6, 6.07) is 4.15. The van der Waals surface area contributed by atoms with Crippen LogP contribution >= 0.6 is 0 Å². The smallest absolute Gasteiger partial charge is 0.228 e. The van der Waals surface area contributed by atoms with E-state index in [0.29, 0.717) is 6.42 Å². The van der Waals surface area contributed by atoms with E-state index in [1.807, 2.05) is 37.9 Å². The Labute approximate surface area is 108 Å². The molecule has 1 amide bonds. The van der Waals surface area contributed by atoms with Crippen LogP contribution in [0.5, 0.6) is 5.75 Å². The van der Waals surface area contributed by atoms with E-state index in [9.17, 15) is 4.79 Å². The number of nitrogens with one attached hydrogen (secondary N) is 1. The van der Waals surface area contributed by atoms with Gasteiger partial charge in [-0.15, -0.1) is 0 Å². The van der Waals surface area contributed by atoms with Crippen LogP contribution < -0.4 is 15.0 Å². The third-order valence-corrected chi connectivity index (χ3v) is 3.75. The van der Waals surface area contributed by atoms with Gasteiger partial charge in [-0.05, 0) is 44.2 Å². The zero-order chi connectivity index (χ0) is 13.3. The molecule has 2 rings (SSSR count). The summed E-state index contributed by atoms with van der Waals surface area (Å²) < 4.78 is 5.30. The van der Waals surface area contributed by atoms with Gasteiger partial charge in [0.05, 0.1) is 7.11 Å². The molecule has 0 aliphatic carbocycles. The first-order chi connectivity index (χ1) is 8.58. The van der Waals surface area contributed by atoms with Crippen LogP contribution in [0.3, 0.4) is 0 Å². The van der Waals surface area contributed by atoms with Gasteiger partial charge in [0.15, 0.2) is 0 Å². The lowest BCUT2D eigenvalue weighted by Crippen LogP contribution is -2.30. The Hall–Kier alpha value is -1.55. The molecule has 0 spiro atoms. The van der Waals surface area contributed by atoms with Gasteiger partial charge in [-0.2, -0.15) is 0 Å². The number of carbonyl (C=O) groups excluding carboxylic acids is 1. The van der Waals surface area contributed by atoms with E-state index < -0.39 is 0 Å². The van der Waals surface area contributed by atoms with Gasteiger partial charge in [-0.3, -0.25) is 4.79 Å². The van der Waals surface area contributed by atoms with Crippen LogP contribution in [0.1, 0.15) is 17.5 Å². The average molecular weight is 248 g/mol. The van der Waals surface area contributed by atoms with E-state index in [-0.39, 0.29) is 11.9 Å². The summed E-state index contributed by atoms with van der Waals surface area (Å²) >= 11 is 0. The van der Waals surface area contributed by atoms with Crippen LogP contribution in [0.15, 0.2) is 12.1 Å². The highest BCUT2D eigenvalue weighted by Gasteiger charge is 2.30. The Morgan fingerprint density at radius 3 is 2.61 bits per heavy atom. The quantitative estimate of drug-likeness (QED) is 0.884.